The number of aromatic amines is 1. The van der Waals surface area contributed by atoms with Crippen LogP contribution in [0.4, 0.5) is 5.69 Å². The van der Waals surface area contributed by atoms with Crippen molar-refractivity contribution in [3.05, 3.63) is 66.0 Å². The number of fused-ring (bicyclic) bond motifs is 2. The van der Waals surface area contributed by atoms with Gasteiger partial charge in [0.15, 0.2) is 0 Å². The van der Waals surface area contributed by atoms with Gasteiger partial charge in [0.05, 0.1) is 35.9 Å². The summed E-state index contributed by atoms with van der Waals surface area (Å²) in [5.41, 5.74) is 10.2. The molecular formula is C25H24N4O4. The van der Waals surface area contributed by atoms with E-state index in [9.17, 15) is 14.7 Å². The van der Waals surface area contributed by atoms with E-state index in [1.807, 2.05) is 47.9 Å². The van der Waals surface area contributed by atoms with E-state index in [-0.39, 0.29) is 18.7 Å². The number of hydrogen-bond acceptors (Lipinski definition) is 5. The fourth-order valence-electron chi connectivity index (χ4n) is 4.50. The first-order valence-electron chi connectivity index (χ1n) is 10.8. The van der Waals surface area contributed by atoms with Gasteiger partial charge in [-0.3, -0.25) is 14.9 Å². The van der Waals surface area contributed by atoms with Crippen molar-refractivity contribution in [2.24, 2.45) is 0 Å². The number of amides is 2. The van der Waals surface area contributed by atoms with E-state index in [4.69, 9.17) is 10.5 Å². The number of nitrogen functional groups attached to an aromatic ring is 1. The van der Waals surface area contributed by atoms with Crippen LogP contribution >= 0.6 is 0 Å². The zero-order chi connectivity index (χ0) is 23.1. The first-order chi connectivity index (χ1) is 16.0. The molecule has 8 nitrogen and oxygen atoms in total. The number of carbonyl (C=O) groups is 2. The minimum absolute atomic E-state index is 0.191. The number of aliphatic hydroxyl groups is 1. The van der Waals surface area contributed by atoms with E-state index in [1.54, 1.807) is 18.5 Å². The maximum Gasteiger partial charge on any atom is 0.259 e. The summed E-state index contributed by atoms with van der Waals surface area (Å²) in [5, 5.41) is 14.4. The molecular weight excluding hydrogens is 420 g/mol. The fraction of sp³-hybridized carbons (Fsp3) is 0.200. The Kier molecular flexibility index (Phi) is 5.24. The van der Waals surface area contributed by atoms with Gasteiger partial charge in [-0.1, -0.05) is 24.3 Å². The van der Waals surface area contributed by atoms with Crippen molar-refractivity contribution in [1.82, 2.24) is 14.9 Å². The van der Waals surface area contributed by atoms with Crippen LogP contribution < -0.4 is 11.1 Å². The number of nitrogens with zero attached hydrogens (tertiary/aromatic N) is 1. The summed E-state index contributed by atoms with van der Waals surface area (Å²) in [6.45, 7) is 2.82. The summed E-state index contributed by atoms with van der Waals surface area (Å²) in [6.07, 6.45) is 2.78. The van der Waals surface area contributed by atoms with Crippen molar-refractivity contribution >= 4 is 50.5 Å². The second-order valence-electron chi connectivity index (χ2n) is 8.03. The van der Waals surface area contributed by atoms with Crippen LogP contribution in [-0.4, -0.2) is 45.8 Å². The Labute approximate surface area is 189 Å². The molecule has 1 aliphatic rings. The molecule has 5 rings (SSSR count). The van der Waals surface area contributed by atoms with Gasteiger partial charge in [0, 0.05) is 52.1 Å². The highest BCUT2D eigenvalue weighted by Crippen LogP contribution is 2.39. The zero-order valence-corrected chi connectivity index (χ0v) is 18.1. The Hall–Kier alpha value is -3.88. The standard InChI is InChI=1S/C25H24N4O4/c1-2-33-13-14(30)11-29-12-17(21-18(26)7-5-9-20(21)29)23-22(24(31)28-25(23)32)16-10-27-19-8-4-3-6-15(16)19/h3-10,12,14,27,30H,2,11,13,26H2,1H3,(H,28,31,32). The number of H-pyrrole nitrogens is 1. The highest BCUT2D eigenvalue weighted by Gasteiger charge is 2.35. The highest BCUT2D eigenvalue weighted by molar-refractivity contribution is 6.51. The van der Waals surface area contributed by atoms with E-state index in [0.717, 1.165) is 16.4 Å². The average molecular weight is 444 g/mol. The highest BCUT2D eigenvalue weighted by atomic mass is 16.5. The number of anilines is 1. The predicted molar refractivity (Wildman–Crippen MR) is 127 cm³/mol. The van der Waals surface area contributed by atoms with Crippen LogP contribution in [0.1, 0.15) is 18.1 Å². The first kappa shape index (κ1) is 21.0. The number of imide groups is 1. The number of aromatic nitrogens is 2. The molecule has 8 heteroatoms. The summed E-state index contributed by atoms with van der Waals surface area (Å²) >= 11 is 0. The Morgan fingerprint density at radius 2 is 1.82 bits per heavy atom. The van der Waals surface area contributed by atoms with Crippen LogP contribution in [0, 0.1) is 0 Å². The molecule has 0 bridgehead atoms. The zero-order valence-electron chi connectivity index (χ0n) is 18.1. The topological polar surface area (TPSA) is 122 Å². The Bertz CT molecular complexity index is 1430. The number of ether oxygens (including phenoxy) is 1. The minimum atomic E-state index is -0.740. The molecule has 0 saturated heterocycles. The van der Waals surface area contributed by atoms with Gasteiger partial charge in [-0.05, 0) is 25.1 Å². The number of carbonyl (C=O) groups excluding carboxylic acids is 2. The first-order valence-corrected chi connectivity index (χ1v) is 10.8. The molecule has 0 aliphatic carbocycles. The number of para-hydroxylation sites is 1. The van der Waals surface area contributed by atoms with E-state index >= 15 is 0 Å². The van der Waals surface area contributed by atoms with Gasteiger partial charge < -0.3 is 25.1 Å². The third-order valence-electron chi connectivity index (χ3n) is 5.92. The maximum atomic E-state index is 13.0. The number of aliphatic hydroxyl groups excluding tert-OH is 1. The largest absolute Gasteiger partial charge is 0.398 e. The van der Waals surface area contributed by atoms with Crippen molar-refractivity contribution < 1.29 is 19.4 Å². The van der Waals surface area contributed by atoms with Gasteiger partial charge in [0.2, 0.25) is 0 Å². The molecule has 1 unspecified atom stereocenters. The van der Waals surface area contributed by atoms with Crippen LogP contribution in [-0.2, 0) is 20.9 Å². The van der Waals surface area contributed by atoms with Crippen molar-refractivity contribution in [2.45, 2.75) is 19.6 Å². The van der Waals surface area contributed by atoms with Gasteiger partial charge in [-0.15, -0.1) is 0 Å². The molecule has 0 radical (unpaired) electrons. The molecule has 2 aromatic heterocycles. The minimum Gasteiger partial charge on any atom is -0.398 e. The normalized spacial score (nSPS) is 15.1. The Morgan fingerprint density at radius 3 is 2.61 bits per heavy atom. The quantitative estimate of drug-likeness (QED) is 0.258. The number of rotatable bonds is 7. The molecule has 1 atom stereocenters. The number of hydrogen-bond donors (Lipinski definition) is 4. The molecule has 4 aromatic rings. The summed E-state index contributed by atoms with van der Waals surface area (Å²) in [7, 11) is 0. The van der Waals surface area contributed by atoms with E-state index in [1.165, 1.54) is 0 Å². The molecule has 2 amide bonds. The molecule has 0 spiro atoms. The van der Waals surface area contributed by atoms with Gasteiger partial charge >= 0.3 is 0 Å². The lowest BCUT2D eigenvalue weighted by Crippen LogP contribution is -2.22. The van der Waals surface area contributed by atoms with Gasteiger partial charge in [0.25, 0.3) is 11.8 Å². The summed E-state index contributed by atoms with van der Waals surface area (Å²) in [6, 6.07) is 13.1. The van der Waals surface area contributed by atoms with Crippen LogP contribution in [0.15, 0.2) is 54.9 Å². The van der Waals surface area contributed by atoms with Crippen molar-refractivity contribution in [3.8, 4) is 0 Å². The Morgan fingerprint density at radius 1 is 1.06 bits per heavy atom. The summed E-state index contributed by atoms with van der Waals surface area (Å²) < 4.78 is 7.19. The SMILES string of the molecule is CCOCC(O)Cn1cc(C2=C(c3c[nH]c4ccccc34)C(=O)NC2=O)c2c(N)cccc21. The maximum absolute atomic E-state index is 13.0. The van der Waals surface area contributed by atoms with Crippen LogP contribution in [0.2, 0.25) is 0 Å². The van der Waals surface area contributed by atoms with E-state index in [0.29, 0.717) is 34.4 Å². The van der Waals surface area contributed by atoms with Crippen molar-refractivity contribution in [3.63, 3.8) is 0 Å². The lowest BCUT2D eigenvalue weighted by Gasteiger charge is -2.12. The van der Waals surface area contributed by atoms with Crippen LogP contribution in [0.5, 0.6) is 0 Å². The molecule has 168 valence electrons. The average Bonchev–Trinajstić information content (AvgIpc) is 3.46. The lowest BCUT2D eigenvalue weighted by molar-refractivity contribution is -0.122. The second kappa shape index (κ2) is 8.23. The smallest absolute Gasteiger partial charge is 0.259 e. The summed E-state index contributed by atoms with van der Waals surface area (Å²) in [5.74, 6) is -0.927. The predicted octanol–water partition coefficient (Wildman–Crippen LogP) is 2.67. The van der Waals surface area contributed by atoms with Crippen molar-refractivity contribution in [1.29, 1.82) is 0 Å². The molecule has 5 N–H and O–H groups in total. The molecule has 3 heterocycles. The number of nitrogens with two attached hydrogens (primary N) is 1. The third kappa shape index (κ3) is 3.49. The van der Waals surface area contributed by atoms with Gasteiger partial charge in [0.1, 0.15) is 0 Å². The lowest BCUT2D eigenvalue weighted by atomic mass is 9.95. The Balaban J connectivity index is 1.73. The monoisotopic (exact) mass is 444 g/mol. The van der Waals surface area contributed by atoms with Crippen molar-refractivity contribution in [2.75, 3.05) is 18.9 Å². The van der Waals surface area contributed by atoms with Crippen LogP contribution in [0.3, 0.4) is 0 Å². The molecule has 0 saturated carbocycles. The van der Waals surface area contributed by atoms with Crippen LogP contribution in [0.25, 0.3) is 33.0 Å². The molecule has 0 fully saturated rings. The fourth-order valence-corrected chi connectivity index (χ4v) is 4.50. The summed E-state index contributed by atoms with van der Waals surface area (Å²) in [4.78, 5) is 29.1. The molecule has 1 aliphatic heterocycles. The third-order valence-corrected chi connectivity index (χ3v) is 5.92. The second-order valence-corrected chi connectivity index (χ2v) is 8.03. The molecule has 2 aromatic carbocycles. The van der Waals surface area contributed by atoms with E-state index < -0.39 is 17.9 Å². The number of nitrogens with one attached hydrogen (secondary N) is 2. The van der Waals surface area contributed by atoms with E-state index in [2.05, 4.69) is 10.3 Å². The number of benzene rings is 2. The van der Waals surface area contributed by atoms with Gasteiger partial charge in [-0.2, -0.15) is 0 Å². The van der Waals surface area contributed by atoms with Gasteiger partial charge in [-0.25, -0.2) is 0 Å². The molecule has 33 heavy (non-hydrogen) atoms.